The van der Waals surface area contributed by atoms with E-state index >= 15 is 0 Å². The summed E-state index contributed by atoms with van der Waals surface area (Å²) in [6.07, 6.45) is 0.581. The van der Waals surface area contributed by atoms with Gasteiger partial charge in [-0.25, -0.2) is 0 Å². The summed E-state index contributed by atoms with van der Waals surface area (Å²) in [4.78, 5) is 0. The van der Waals surface area contributed by atoms with Gasteiger partial charge in [-0.1, -0.05) is 20.8 Å². The molecule has 0 bridgehead atoms. The first kappa shape index (κ1) is 18.5. The molecule has 4 nitrogen and oxygen atoms in total. The van der Waals surface area contributed by atoms with Crippen LogP contribution >= 0.6 is 0 Å². The van der Waals surface area contributed by atoms with E-state index in [0.29, 0.717) is 11.6 Å². The molecule has 120 valence electrons. The molecule has 1 saturated heterocycles. The van der Waals surface area contributed by atoms with Gasteiger partial charge < -0.3 is 17.7 Å². The lowest BCUT2D eigenvalue weighted by Gasteiger charge is -2.35. The van der Waals surface area contributed by atoms with Gasteiger partial charge in [0, 0.05) is 5.54 Å². The summed E-state index contributed by atoms with van der Waals surface area (Å²) >= 11 is 0. The van der Waals surface area contributed by atoms with E-state index in [1.54, 1.807) is 0 Å². The van der Waals surface area contributed by atoms with Crippen LogP contribution < -0.4 is 0 Å². The Bertz CT molecular complexity index is 284. The first-order chi connectivity index (χ1) is 9.09. The van der Waals surface area contributed by atoms with Crippen LogP contribution in [0.4, 0.5) is 0 Å². The maximum atomic E-state index is 6.02. The second-order valence-electron chi connectivity index (χ2n) is 7.71. The topological polar surface area (TPSA) is 40.2 Å². The van der Waals surface area contributed by atoms with Crippen molar-refractivity contribution in [2.45, 2.75) is 65.1 Å². The fraction of sp³-hybridized carbons (Fsp3) is 1.00. The summed E-state index contributed by atoms with van der Waals surface area (Å²) in [6, 6.07) is 0. The second kappa shape index (κ2) is 7.66. The second-order valence-corrected chi connectivity index (χ2v) is 16.2. The molecule has 0 aromatic carbocycles. The largest absolute Gasteiger partial charge is 0.446 e. The van der Waals surface area contributed by atoms with Crippen molar-refractivity contribution in [1.82, 2.24) is 0 Å². The van der Waals surface area contributed by atoms with E-state index in [4.69, 9.17) is 17.7 Å². The lowest BCUT2D eigenvalue weighted by atomic mass is 9.88. The third-order valence-corrected chi connectivity index (χ3v) is 11.3. The van der Waals surface area contributed by atoms with Crippen LogP contribution in [0.3, 0.4) is 0 Å². The van der Waals surface area contributed by atoms with E-state index in [1.165, 1.54) is 0 Å². The maximum absolute atomic E-state index is 6.02. The highest BCUT2D eigenvalue weighted by molar-refractivity contribution is 6.73. The Kier molecular flexibility index (Phi) is 7.10. The first-order valence-corrected chi connectivity index (χ1v) is 13.5. The standard InChI is InChI=1S/C13H32O4Si3/c1-10(14-8-11-9-15-11)12(13(2,3)4)18-16-19-17-20(5,6)7/h10-12H,8-9,18-19H2,1-7H3. The quantitative estimate of drug-likeness (QED) is 0.364. The molecule has 1 aliphatic rings. The van der Waals surface area contributed by atoms with Gasteiger partial charge in [-0.15, -0.1) is 0 Å². The van der Waals surface area contributed by atoms with Gasteiger partial charge >= 0.3 is 0 Å². The van der Waals surface area contributed by atoms with E-state index in [1.807, 2.05) is 0 Å². The molecule has 0 aromatic heterocycles. The molecular formula is C13H32O4Si3. The molecule has 1 fully saturated rings. The molecule has 3 atom stereocenters. The van der Waals surface area contributed by atoms with Crippen molar-refractivity contribution in [1.29, 1.82) is 0 Å². The highest BCUT2D eigenvalue weighted by Gasteiger charge is 2.33. The molecule has 0 aromatic rings. The predicted octanol–water partition coefficient (Wildman–Crippen LogP) is 1.58. The summed E-state index contributed by atoms with van der Waals surface area (Å²) in [7, 11) is -2.84. The predicted molar refractivity (Wildman–Crippen MR) is 91.0 cm³/mol. The van der Waals surface area contributed by atoms with Gasteiger partial charge in [0.15, 0.2) is 18.1 Å². The van der Waals surface area contributed by atoms with Gasteiger partial charge in [-0.3, -0.25) is 0 Å². The highest BCUT2D eigenvalue weighted by atomic mass is 28.4. The molecule has 1 aliphatic heterocycles. The van der Waals surface area contributed by atoms with Crippen LogP contribution in [0.25, 0.3) is 0 Å². The molecule has 1 rings (SSSR count). The molecule has 0 aliphatic carbocycles. The Morgan fingerprint density at radius 3 is 2.35 bits per heavy atom. The minimum atomic E-state index is -1.41. The Balaban J connectivity index is 2.34. The Hall–Kier alpha value is 0.491. The van der Waals surface area contributed by atoms with E-state index in [-0.39, 0.29) is 11.5 Å². The summed E-state index contributed by atoms with van der Waals surface area (Å²) in [5, 5.41) is 0. The van der Waals surface area contributed by atoms with Crippen LogP contribution in [0.15, 0.2) is 0 Å². The van der Waals surface area contributed by atoms with Gasteiger partial charge in [-0.05, 0) is 32.0 Å². The first-order valence-electron chi connectivity index (χ1n) is 7.54. The molecule has 0 N–H and O–H groups in total. The van der Waals surface area contributed by atoms with Crippen molar-refractivity contribution in [3.63, 3.8) is 0 Å². The Morgan fingerprint density at radius 2 is 1.90 bits per heavy atom. The van der Waals surface area contributed by atoms with E-state index in [2.05, 4.69) is 47.3 Å². The smallest absolute Gasteiger partial charge is 0.283 e. The molecular weight excluding hydrogens is 304 g/mol. The maximum Gasteiger partial charge on any atom is 0.283 e. The third-order valence-electron chi connectivity index (χ3n) is 3.50. The van der Waals surface area contributed by atoms with Crippen LogP contribution in [-0.4, -0.2) is 53.5 Å². The van der Waals surface area contributed by atoms with E-state index < -0.39 is 28.1 Å². The highest BCUT2D eigenvalue weighted by Crippen LogP contribution is 2.35. The lowest BCUT2D eigenvalue weighted by Crippen LogP contribution is -2.35. The molecule has 0 saturated carbocycles. The summed E-state index contributed by atoms with van der Waals surface area (Å²) in [5.74, 6) is 0. The summed E-state index contributed by atoms with van der Waals surface area (Å²) in [6.45, 7) is 17.3. The van der Waals surface area contributed by atoms with Crippen molar-refractivity contribution in [2.75, 3.05) is 13.2 Å². The van der Waals surface area contributed by atoms with Crippen LogP contribution in [0.2, 0.25) is 25.2 Å². The Labute approximate surface area is 130 Å². The molecule has 0 amide bonds. The minimum Gasteiger partial charge on any atom is -0.446 e. The number of rotatable bonds is 9. The fourth-order valence-electron chi connectivity index (χ4n) is 2.02. The normalized spacial score (nSPS) is 23.9. The zero-order valence-electron chi connectivity index (χ0n) is 14.2. The number of hydrogen-bond acceptors (Lipinski definition) is 4. The van der Waals surface area contributed by atoms with Crippen molar-refractivity contribution in [3.05, 3.63) is 0 Å². The number of hydrogen-bond donors (Lipinski definition) is 0. The average Bonchev–Trinajstić information content (AvgIpc) is 3.06. The number of ether oxygens (including phenoxy) is 2. The van der Waals surface area contributed by atoms with Crippen molar-refractivity contribution in [2.24, 2.45) is 5.41 Å². The molecule has 7 heteroatoms. The van der Waals surface area contributed by atoms with Crippen molar-refractivity contribution < 1.29 is 17.7 Å². The third kappa shape index (κ3) is 8.06. The van der Waals surface area contributed by atoms with Gasteiger partial charge in [0.2, 0.25) is 0 Å². The molecule has 0 radical (unpaired) electrons. The zero-order valence-corrected chi connectivity index (χ0v) is 18.0. The van der Waals surface area contributed by atoms with Gasteiger partial charge in [0.25, 0.3) is 10.0 Å². The summed E-state index contributed by atoms with van der Waals surface area (Å²) in [5.41, 5.74) is 0.739. The number of epoxide rings is 1. The average molecular weight is 337 g/mol. The molecule has 0 spiro atoms. The molecule has 1 heterocycles. The van der Waals surface area contributed by atoms with Gasteiger partial charge in [-0.2, -0.15) is 0 Å². The van der Waals surface area contributed by atoms with E-state index in [0.717, 1.165) is 13.2 Å². The molecule has 3 unspecified atom stereocenters. The van der Waals surface area contributed by atoms with Crippen molar-refractivity contribution >= 4 is 28.1 Å². The molecule has 20 heavy (non-hydrogen) atoms. The van der Waals surface area contributed by atoms with Crippen LogP contribution in [0.1, 0.15) is 27.7 Å². The SMILES string of the molecule is CC(OCC1CO1)C([SiH2]O[SiH2]O[Si](C)(C)C)C(C)(C)C. The lowest BCUT2D eigenvalue weighted by molar-refractivity contribution is 0.0273. The monoisotopic (exact) mass is 336 g/mol. The van der Waals surface area contributed by atoms with Gasteiger partial charge in [0.1, 0.15) is 6.10 Å². The zero-order chi connectivity index (χ0) is 15.4. The van der Waals surface area contributed by atoms with Crippen LogP contribution in [-0.2, 0) is 17.7 Å². The van der Waals surface area contributed by atoms with Gasteiger partial charge in [0.05, 0.1) is 19.3 Å². The summed E-state index contributed by atoms with van der Waals surface area (Å²) < 4.78 is 23.1. The van der Waals surface area contributed by atoms with Crippen LogP contribution in [0.5, 0.6) is 0 Å². The minimum absolute atomic E-state index is 0.226. The Morgan fingerprint density at radius 1 is 1.30 bits per heavy atom. The fourth-order valence-corrected chi connectivity index (χ4v) is 6.83. The van der Waals surface area contributed by atoms with Crippen molar-refractivity contribution in [3.8, 4) is 0 Å². The van der Waals surface area contributed by atoms with E-state index in [9.17, 15) is 0 Å². The van der Waals surface area contributed by atoms with Crippen LogP contribution in [0, 0.1) is 5.41 Å².